The van der Waals surface area contributed by atoms with E-state index >= 15 is 0 Å². The van der Waals surface area contributed by atoms with Crippen molar-refractivity contribution >= 4 is 5.91 Å². The Balaban J connectivity index is 1.51. The Bertz CT molecular complexity index is 788. The van der Waals surface area contributed by atoms with Gasteiger partial charge in [-0.1, -0.05) is 6.07 Å². The number of rotatable bonds is 3. The molecule has 0 spiro atoms. The molecule has 3 unspecified atom stereocenters. The number of carbonyl (C=O) groups excluding carboxylic acids is 1. The number of hydrazine groups is 1. The van der Waals surface area contributed by atoms with Crippen molar-refractivity contribution in [2.75, 3.05) is 19.6 Å². The monoisotopic (exact) mass is 354 g/mol. The average molecular weight is 354 g/mol. The largest absolute Gasteiger partial charge is 0.342 e. The van der Waals surface area contributed by atoms with E-state index in [4.69, 9.17) is 4.98 Å². The second kappa shape index (κ2) is 7.17. The van der Waals surface area contributed by atoms with Crippen molar-refractivity contribution in [2.45, 2.75) is 38.6 Å². The van der Waals surface area contributed by atoms with Gasteiger partial charge in [-0.05, 0) is 38.8 Å². The Hall–Kier alpha value is -2.25. The Morgan fingerprint density at radius 2 is 2.23 bits per heavy atom. The van der Waals surface area contributed by atoms with E-state index in [1.807, 2.05) is 34.7 Å². The van der Waals surface area contributed by atoms with Gasteiger partial charge in [0.25, 0.3) is 0 Å². The van der Waals surface area contributed by atoms with Crippen LogP contribution in [-0.2, 0) is 4.79 Å². The lowest BCUT2D eigenvalue weighted by atomic mass is 9.92. The number of aromatic nitrogens is 3. The highest BCUT2D eigenvalue weighted by atomic mass is 16.2. The highest BCUT2D eigenvalue weighted by Gasteiger charge is 2.35. The van der Waals surface area contributed by atoms with Crippen LogP contribution in [0.25, 0.3) is 5.82 Å². The van der Waals surface area contributed by atoms with Gasteiger partial charge in [0.05, 0.1) is 5.92 Å². The van der Waals surface area contributed by atoms with Crippen LogP contribution in [0.1, 0.15) is 37.2 Å². The fraction of sp³-hybridized carbons (Fsp3) is 0.526. The molecule has 2 aliphatic heterocycles. The molecule has 4 heterocycles. The maximum Gasteiger partial charge on any atom is 0.228 e. The first-order chi connectivity index (χ1) is 12.6. The van der Waals surface area contributed by atoms with Gasteiger partial charge in [-0.3, -0.25) is 20.2 Å². The van der Waals surface area contributed by atoms with Gasteiger partial charge in [-0.15, -0.1) is 0 Å². The van der Waals surface area contributed by atoms with Crippen molar-refractivity contribution < 1.29 is 4.79 Å². The van der Waals surface area contributed by atoms with Crippen molar-refractivity contribution in [1.29, 1.82) is 0 Å². The smallest absolute Gasteiger partial charge is 0.228 e. The van der Waals surface area contributed by atoms with Crippen LogP contribution >= 0.6 is 0 Å². The summed E-state index contributed by atoms with van der Waals surface area (Å²) >= 11 is 0. The van der Waals surface area contributed by atoms with Gasteiger partial charge in [-0.25, -0.2) is 9.97 Å². The lowest BCUT2D eigenvalue weighted by Crippen LogP contribution is -2.45. The van der Waals surface area contributed by atoms with Gasteiger partial charge < -0.3 is 4.90 Å². The second-order valence-electron chi connectivity index (χ2n) is 7.31. The summed E-state index contributed by atoms with van der Waals surface area (Å²) < 4.78 is 1.99. The number of hydrogen-bond donors (Lipinski definition) is 2. The van der Waals surface area contributed by atoms with E-state index < -0.39 is 0 Å². The highest BCUT2D eigenvalue weighted by Crippen LogP contribution is 2.28. The van der Waals surface area contributed by atoms with Crippen LogP contribution < -0.4 is 10.9 Å². The number of likely N-dealkylation sites (tertiary alicyclic amines) is 1. The van der Waals surface area contributed by atoms with E-state index in [0.717, 1.165) is 43.3 Å². The van der Waals surface area contributed by atoms with E-state index in [1.54, 1.807) is 6.20 Å². The predicted octanol–water partition coefficient (Wildman–Crippen LogP) is 1.39. The lowest BCUT2D eigenvalue weighted by Gasteiger charge is -2.34. The molecule has 0 saturated carbocycles. The van der Waals surface area contributed by atoms with E-state index in [2.05, 4.69) is 28.8 Å². The third kappa shape index (κ3) is 3.24. The summed E-state index contributed by atoms with van der Waals surface area (Å²) in [7, 11) is 0. The average Bonchev–Trinajstić information content (AvgIpc) is 3.29. The molecule has 0 bridgehead atoms. The van der Waals surface area contributed by atoms with Crippen molar-refractivity contribution in [3.8, 4) is 5.82 Å². The van der Waals surface area contributed by atoms with Crippen LogP contribution in [0.5, 0.6) is 0 Å². The minimum atomic E-state index is 0.0154. The topological polar surface area (TPSA) is 75.1 Å². The van der Waals surface area contributed by atoms with E-state index in [9.17, 15) is 4.79 Å². The van der Waals surface area contributed by atoms with Crippen LogP contribution in [-0.4, -0.2) is 51.0 Å². The molecule has 26 heavy (non-hydrogen) atoms. The zero-order valence-corrected chi connectivity index (χ0v) is 15.4. The molecule has 138 valence electrons. The zero-order valence-electron chi connectivity index (χ0n) is 15.4. The summed E-state index contributed by atoms with van der Waals surface area (Å²) in [6.45, 7) is 6.33. The minimum absolute atomic E-state index is 0.0154. The molecule has 2 fully saturated rings. The number of nitrogens with zero attached hydrogens (tertiary/aromatic N) is 4. The van der Waals surface area contributed by atoms with Crippen molar-refractivity contribution in [2.24, 2.45) is 5.92 Å². The summed E-state index contributed by atoms with van der Waals surface area (Å²) in [5, 5.41) is 0. The first-order valence-corrected chi connectivity index (χ1v) is 9.38. The zero-order chi connectivity index (χ0) is 18.1. The molecule has 7 nitrogen and oxygen atoms in total. The van der Waals surface area contributed by atoms with Gasteiger partial charge in [-0.2, -0.15) is 0 Å². The summed E-state index contributed by atoms with van der Waals surface area (Å²) in [4.78, 5) is 24.1. The fourth-order valence-corrected chi connectivity index (χ4v) is 3.98. The molecule has 0 radical (unpaired) electrons. The van der Waals surface area contributed by atoms with Gasteiger partial charge >= 0.3 is 0 Å². The number of pyridine rings is 1. The van der Waals surface area contributed by atoms with Crippen molar-refractivity contribution in [3.63, 3.8) is 0 Å². The molecule has 2 N–H and O–H groups in total. The molecule has 2 saturated heterocycles. The van der Waals surface area contributed by atoms with E-state index in [1.165, 1.54) is 0 Å². The number of hydrogen-bond acceptors (Lipinski definition) is 5. The van der Waals surface area contributed by atoms with Crippen LogP contribution in [0.3, 0.4) is 0 Å². The first-order valence-electron chi connectivity index (χ1n) is 9.38. The predicted molar refractivity (Wildman–Crippen MR) is 98.7 cm³/mol. The van der Waals surface area contributed by atoms with E-state index in [-0.39, 0.29) is 23.8 Å². The molecule has 4 rings (SSSR count). The normalized spacial score (nSPS) is 26.2. The maximum absolute atomic E-state index is 12.9. The van der Waals surface area contributed by atoms with Gasteiger partial charge in [0.1, 0.15) is 11.6 Å². The summed E-state index contributed by atoms with van der Waals surface area (Å²) in [5.74, 6) is 2.36. The Labute approximate surface area is 153 Å². The van der Waals surface area contributed by atoms with Gasteiger partial charge in [0.15, 0.2) is 0 Å². The molecule has 3 atom stereocenters. The van der Waals surface area contributed by atoms with Gasteiger partial charge in [0.2, 0.25) is 5.91 Å². The third-order valence-corrected chi connectivity index (χ3v) is 5.55. The quantitative estimate of drug-likeness (QED) is 0.871. The van der Waals surface area contributed by atoms with Crippen LogP contribution in [0.15, 0.2) is 30.6 Å². The summed E-state index contributed by atoms with van der Waals surface area (Å²) in [5.41, 5.74) is 7.30. The highest BCUT2D eigenvalue weighted by molar-refractivity contribution is 5.80. The number of piperidine rings is 1. The summed E-state index contributed by atoms with van der Waals surface area (Å²) in [6, 6.07) is 6.30. The van der Waals surface area contributed by atoms with Crippen molar-refractivity contribution in [3.05, 3.63) is 42.1 Å². The first kappa shape index (κ1) is 17.2. The molecule has 7 heteroatoms. The summed E-state index contributed by atoms with van der Waals surface area (Å²) in [6.07, 6.45) is 5.81. The molecule has 2 aromatic rings. The molecular weight excluding hydrogens is 328 g/mol. The number of imidazole rings is 1. The second-order valence-corrected chi connectivity index (χ2v) is 7.31. The number of aryl methyl sites for hydroxylation is 1. The lowest BCUT2D eigenvalue weighted by molar-refractivity contribution is -0.136. The Morgan fingerprint density at radius 1 is 1.35 bits per heavy atom. The SMILES string of the molecule is Cc1nccn1-c1cccc(C2CCCN(C(=O)C3CNNC3C)C2)n1. The molecule has 2 aromatic heterocycles. The maximum atomic E-state index is 12.9. The number of amides is 1. The standard InChI is InChI=1S/C19H26N6O/c1-13-16(11-21-23-13)19(26)24-9-4-5-15(12-24)17-6-3-7-18(22-17)25-10-8-20-14(25)2/h3,6-8,10,13,15-16,21,23H,4-5,9,11-12H2,1-2H3. The van der Waals surface area contributed by atoms with Crippen LogP contribution in [0, 0.1) is 12.8 Å². The fourth-order valence-electron chi connectivity index (χ4n) is 3.98. The van der Waals surface area contributed by atoms with Crippen molar-refractivity contribution in [1.82, 2.24) is 30.3 Å². The molecule has 0 aromatic carbocycles. The third-order valence-electron chi connectivity index (χ3n) is 5.55. The molecule has 2 aliphatic rings. The number of nitrogens with one attached hydrogen (secondary N) is 2. The molecule has 1 amide bonds. The van der Waals surface area contributed by atoms with Crippen LogP contribution in [0.4, 0.5) is 0 Å². The molecular formula is C19H26N6O. The number of carbonyl (C=O) groups is 1. The Kier molecular flexibility index (Phi) is 4.74. The minimum Gasteiger partial charge on any atom is -0.342 e. The Morgan fingerprint density at radius 3 is 2.96 bits per heavy atom. The van der Waals surface area contributed by atoms with E-state index in [0.29, 0.717) is 6.54 Å². The molecule has 0 aliphatic carbocycles. The van der Waals surface area contributed by atoms with Crippen LogP contribution in [0.2, 0.25) is 0 Å². The van der Waals surface area contributed by atoms with Gasteiger partial charge in [0, 0.05) is 49.7 Å².